The fraction of sp³-hybridized carbons (Fsp3) is 0.250. The number of H-pyrrole nitrogens is 1. The number of imidazole rings is 1. The summed E-state index contributed by atoms with van der Waals surface area (Å²) in [4.78, 5) is 7.71. The summed E-state index contributed by atoms with van der Waals surface area (Å²) in [5.41, 5.74) is 2.08. The minimum Gasteiger partial charge on any atom is -0.497 e. The van der Waals surface area contributed by atoms with Crippen molar-refractivity contribution in [1.29, 1.82) is 0 Å². The van der Waals surface area contributed by atoms with Crippen LogP contribution in [0.25, 0.3) is 11.4 Å². The predicted octanol–water partition coefficient (Wildman–Crippen LogP) is 2.57. The zero-order valence-electron chi connectivity index (χ0n) is 9.75. The Labute approximate surface area is 109 Å². The maximum atomic E-state index is 5.12. The van der Waals surface area contributed by atoms with Crippen molar-refractivity contribution in [2.75, 3.05) is 14.2 Å². The molecule has 0 aliphatic heterocycles. The summed E-state index contributed by atoms with van der Waals surface area (Å²) in [6.07, 6.45) is 0. The third-order valence-electron chi connectivity index (χ3n) is 2.45. The number of aromatic nitrogens is 2. The zero-order valence-corrected chi connectivity index (χ0v) is 11.3. The molecule has 0 saturated heterocycles. The van der Waals surface area contributed by atoms with E-state index in [0.29, 0.717) is 0 Å². The summed E-state index contributed by atoms with van der Waals surface area (Å²) < 4.78 is 5.97. The van der Waals surface area contributed by atoms with Gasteiger partial charge in [0.25, 0.3) is 0 Å². The lowest BCUT2D eigenvalue weighted by atomic mass is 10.2. The van der Waals surface area contributed by atoms with E-state index in [2.05, 4.69) is 31.2 Å². The van der Waals surface area contributed by atoms with Crippen molar-refractivity contribution in [3.05, 3.63) is 34.6 Å². The molecule has 4 nitrogen and oxygen atoms in total. The molecular weight excluding hydrogens is 282 g/mol. The van der Waals surface area contributed by atoms with Crippen LogP contribution in [0.2, 0.25) is 0 Å². The Morgan fingerprint density at radius 3 is 2.65 bits per heavy atom. The van der Waals surface area contributed by atoms with Gasteiger partial charge in [0, 0.05) is 12.1 Å². The highest BCUT2D eigenvalue weighted by molar-refractivity contribution is 9.10. The van der Waals surface area contributed by atoms with E-state index in [1.54, 1.807) is 7.11 Å². The van der Waals surface area contributed by atoms with Crippen LogP contribution in [0.5, 0.6) is 5.75 Å². The Morgan fingerprint density at radius 2 is 2.06 bits per heavy atom. The van der Waals surface area contributed by atoms with Gasteiger partial charge in [-0.25, -0.2) is 4.98 Å². The molecule has 0 fully saturated rings. The van der Waals surface area contributed by atoms with Gasteiger partial charge in [0.2, 0.25) is 0 Å². The van der Waals surface area contributed by atoms with Crippen LogP contribution in [0, 0.1) is 0 Å². The first-order valence-corrected chi connectivity index (χ1v) is 6.07. The van der Waals surface area contributed by atoms with Crippen molar-refractivity contribution in [1.82, 2.24) is 15.3 Å². The fourth-order valence-corrected chi connectivity index (χ4v) is 1.98. The number of rotatable bonds is 4. The summed E-state index contributed by atoms with van der Waals surface area (Å²) in [5.74, 6) is 1.69. The van der Waals surface area contributed by atoms with Gasteiger partial charge in [-0.15, -0.1) is 0 Å². The zero-order chi connectivity index (χ0) is 12.3. The number of methoxy groups -OCH3 is 1. The van der Waals surface area contributed by atoms with E-state index >= 15 is 0 Å². The van der Waals surface area contributed by atoms with Crippen LogP contribution in [0.4, 0.5) is 0 Å². The summed E-state index contributed by atoms with van der Waals surface area (Å²) in [7, 11) is 3.56. The number of hydrogen-bond donors (Lipinski definition) is 2. The average molecular weight is 296 g/mol. The largest absolute Gasteiger partial charge is 0.497 e. The lowest BCUT2D eigenvalue weighted by molar-refractivity contribution is 0.415. The molecule has 0 aliphatic carbocycles. The Balaban J connectivity index is 2.29. The number of nitrogens with zero attached hydrogens (tertiary/aromatic N) is 1. The van der Waals surface area contributed by atoms with Crippen LogP contribution >= 0.6 is 15.9 Å². The highest BCUT2D eigenvalue weighted by Crippen LogP contribution is 2.23. The molecule has 0 aliphatic rings. The average Bonchev–Trinajstić information content (AvgIpc) is 2.72. The van der Waals surface area contributed by atoms with Gasteiger partial charge in [0.05, 0.1) is 12.8 Å². The minimum absolute atomic E-state index is 0.754. The lowest BCUT2D eigenvalue weighted by Crippen LogP contribution is -2.05. The van der Waals surface area contributed by atoms with Crippen molar-refractivity contribution in [3.8, 4) is 17.1 Å². The molecule has 0 unspecified atom stereocenters. The first-order chi connectivity index (χ1) is 8.24. The number of aromatic amines is 1. The molecule has 0 atom stereocenters. The molecule has 0 amide bonds. The lowest BCUT2D eigenvalue weighted by Gasteiger charge is -2.00. The second-order valence-corrected chi connectivity index (χ2v) is 4.36. The standard InChI is InChI=1S/C12H14BrN3O/c1-14-7-10-11(13)16-12(15-10)8-3-5-9(17-2)6-4-8/h3-6,14H,7H2,1-2H3,(H,15,16). The maximum Gasteiger partial charge on any atom is 0.138 e. The van der Waals surface area contributed by atoms with Crippen molar-refractivity contribution in [2.45, 2.75) is 6.54 Å². The van der Waals surface area contributed by atoms with Crippen LogP contribution in [0.1, 0.15) is 5.69 Å². The van der Waals surface area contributed by atoms with Crippen LogP contribution in [0.15, 0.2) is 28.9 Å². The van der Waals surface area contributed by atoms with Crippen molar-refractivity contribution >= 4 is 15.9 Å². The molecule has 1 aromatic heterocycles. The van der Waals surface area contributed by atoms with Gasteiger partial charge in [-0.3, -0.25) is 0 Å². The quantitative estimate of drug-likeness (QED) is 0.911. The van der Waals surface area contributed by atoms with Gasteiger partial charge >= 0.3 is 0 Å². The molecule has 2 aromatic rings. The molecule has 0 saturated carbocycles. The molecular formula is C12H14BrN3O. The molecule has 90 valence electrons. The van der Waals surface area contributed by atoms with E-state index in [9.17, 15) is 0 Å². The van der Waals surface area contributed by atoms with Gasteiger partial charge in [0.15, 0.2) is 0 Å². The van der Waals surface area contributed by atoms with Crippen LogP contribution < -0.4 is 10.1 Å². The molecule has 2 rings (SSSR count). The van der Waals surface area contributed by atoms with Crippen LogP contribution in [0.3, 0.4) is 0 Å². The predicted molar refractivity (Wildman–Crippen MR) is 71.0 cm³/mol. The highest BCUT2D eigenvalue weighted by atomic mass is 79.9. The fourth-order valence-electron chi connectivity index (χ4n) is 1.57. The van der Waals surface area contributed by atoms with Crippen LogP contribution in [-0.4, -0.2) is 24.1 Å². The number of hydrogen-bond acceptors (Lipinski definition) is 3. The first kappa shape index (κ1) is 12.1. The van der Waals surface area contributed by atoms with E-state index in [4.69, 9.17) is 4.74 Å². The first-order valence-electron chi connectivity index (χ1n) is 5.28. The summed E-state index contributed by atoms with van der Waals surface area (Å²) in [6.45, 7) is 0.754. The Kier molecular flexibility index (Phi) is 3.81. The number of nitrogens with one attached hydrogen (secondary N) is 2. The van der Waals surface area contributed by atoms with E-state index in [1.165, 1.54) is 0 Å². The Morgan fingerprint density at radius 1 is 1.35 bits per heavy atom. The SMILES string of the molecule is CNCc1[nH]c(-c2ccc(OC)cc2)nc1Br. The second kappa shape index (κ2) is 5.33. The normalized spacial score (nSPS) is 10.5. The van der Waals surface area contributed by atoms with Gasteiger partial charge in [-0.2, -0.15) is 0 Å². The van der Waals surface area contributed by atoms with E-state index < -0.39 is 0 Å². The summed E-state index contributed by atoms with van der Waals surface area (Å²) in [6, 6.07) is 7.80. The van der Waals surface area contributed by atoms with Gasteiger partial charge in [0.1, 0.15) is 16.2 Å². The number of ether oxygens (including phenoxy) is 1. The van der Waals surface area contributed by atoms with Crippen molar-refractivity contribution < 1.29 is 4.74 Å². The molecule has 0 spiro atoms. The highest BCUT2D eigenvalue weighted by Gasteiger charge is 2.08. The monoisotopic (exact) mass is 295 g/mol. The molecule has 0 radical (unpaired) electrons. The molecule has 5 heteroatoms. The van der Waals surface area contributed by atoms with Gasteiger partial charge in [-0.1, -0.05) is 0 Å². The minimum atomic E-state index is 0.754. The molecule has 1 aromatic carbocycles. The molecule has 0 bridgehead atoms. The van der Waals surface area contributed by atoms with Gasteiger partial charge in [-0.05, 0) is 47.2 Å². The second-order valence-electron chi connectivity index (χ2n) is 3.61. The molecule has 1 heterocycles. The number of benzene rings is 1. The number of halogens is 1. The molecule has 2 N–H and O–H groups in total. The Bertz CT molecular complexity index is 493. The van der Waals surface area contributed by atoms with E-state index in [1.807, 2.05) is 31.3 Å². The summed E-state index contributed by atoms with van der Waals surface area (Å²) >= 11 is 3.44. The van der Waals surface area contributed by atoms with Crippen molar-refractivity contribution in [3.63, 3.8) is 0 Å². The van der Waals surface area contributed by atoms with E-state index in [-0.39, 0.29) is 0 Å². The van der Waals surface area contributed by atoms with Gasteiger partial charge < -0.3 is 15.0 Å². The van der Waals surface area contributed by atoms with Crippen LogP contribution in [-0.2, 0) is 6.54 Å². The smallest absolute Gasteiger partial charge is 0.138 e. The third-order valence-corrected chi connectivity index (χ3v) is 3.10. The maximum absolute atomic E-state index is 5.12. The van der Waals surface area contributed by atoms with Crippen molar-refractivity contribution in [2.24, 2.45) is 0 Å². The third kappa shape index (κ3) is 2.68. The topological polar surface area (TPSA) is 49.9 Å². The van der Waals surface area contributed by atoms with E-state index in [0.717, 1.165) is 34.0 Å². The summed E-state index contributed by atoms with van der Waals surface area (Å²) in [5, 5.41) is 3.09. The molecule has 17 heavy (non-hydrogen) atoms. The Hall–Kier alpha value is -1.33.